The molecule has 0 bridgehead atoms. The molecule has 19 heavy (non-hydrogen) atoms. The average molecular weight is 335 g/mol. The first-order chi connectivity index (χ1) is 8.93. The first-order valence-electron chi connectivity index (χ1n) is 5.15. The summed E-state index contributed by atoms with van der Waals surface area (Å²) in [6, 6.07) is 8.07. The normalized spacial score (nSPS) is 10.5. The van der Waals surface area contributed by atoms with E-state index in [9.17, 15) is 4.79 Å². The topological polar surface area (TPSA) is 43.1 Å². The van der Waals surface area contributed by atoms with Crippen LogP contribution in [0, 0.1) is 0 Å². The average Bonchev–Trinajstić information content (AvgIpc) is 2.37. The van der Waals surface area contributed by atoms with Crippen molar-refractivity contribution < 1.29 is 4.79 Å². The number of carbonyl (C=O) groups excluding carboxylic acids is 1. The van der Waals surface area contributed by atoms with Gasteiger partial charge in [-0.1, -0.05) is 58.5 Å². The standard InChI is InChI=1S/C13H7Cl4NO/c14-8-3-1-2-7(13(18)19)10(8)6-4-5-9(15)12(17)11(6)16/h1-5H,(H2,18,19). The van der Waals surface area contributed by atoms with Crippen LogP contribution < -0.4 is 5.73 Å². The summed E-state index contributed by atoms with van der Waals surface area (Å²) in [4.78, 5) is 11.5. The van der Waals surface area contributed by atoms with Crippen molar-refractivity contribution in [3.05, 3.63) is 56.0 Å². The summed E-state index contributed by atoms with van der Waals surface area (Å²) in [7, 11) is 0. The Morgan fingerprint density at radius 2 is 1.58 bits per heavy atom. The van der Waals surface area contributed by atoms with E-state index in [1.165, 1.54) is 0 Å². The van der Waals surface area contributed by atoms with Gasteiger partial charge in [0.05, 0.1) is 15.1 Å². The van der Waals surface area contributed by atoms with Crippen LogP contribution in [0.1, 0.15) is 10.4 Å². The molecule has 0 unspecified atom stereocenters. The van der Waals surface area contributed by atoms with Gasteiger partial charge in [0.15, 0.2) is 0 Å². The van der Waals surface area contributed by atoms with Crippen molar-refractivity contribution in [3.8, 4) is 11.1 Å². The van der Waals surface area contributed by atoms with Crippen molar-refractivity contribution in [2.75, 3.05) is 0 Å². The molecule has 1 amide bonds. The smallest absolute Gasteiger partial charge is 0.249 e. The molecule has 0 fully saturated rings. The highest BCUT2D eigenvalue weighted by atomic mass is 35.5. The second-order valence-electron chi connectivity index (χ2n) is 3.75. The van der Waals surface area contributed by atoms with E-state index in [0.29, 0.717) is 21.2 Å². The first kappa shape index (κ1) is 14.5. The van der Waals surface area contributed by atoms with E-state index in [0.717, 1.165) is 0 Å². The lowest BCUT2D eigenvalue weighted by Crippen LogP contribution is -2.12. The minimum Gasteiger partial charge on any atom is -0.366 e. The molecule has 0 aliphatic rings. The van der Waals surface area contributed by atoms with Gasteiger partial charge in [-0.2, -0.15) is 0 Å². The number of primary amides is 1. The molecule has 0 radical (unpaired) electrons. The van der Waals surface area contributed by atoms with E-state index < -0.39 is 5.91 Å². The third-order valence-corrected chi connectivity index (χ3v) is 4.19. The number of hydrogen-bond donors (Lipinski definition) is 1. The molecular weight excluding hydrogens is 328 g/mol. The van der Waals surface area contributed by atoms with Gasteiger partial charge < -0.3 is 5.73 Å². The van der Waals surface area contributed by atoms with Crippen LogP contribution in [-0.4, -0.2) is 5.91 Å². The van der Waals surface area contributed by atoms with E-state index >= 15 is 0 Å². The molecule has 0 aliphatic carbocycles. The van der Waals surface area contributed by atoms with Crippen molar-refractivity contribution in [1.82, 2.24) is 0 Å². The van der Waals surface area contributed by atoms with Gasteiger partial charge in [0.2, 0.25) is 5.91 Å². The fourth-order valence-corrected chi connectivity index (χ4v) is 2.63. The predicted octanol–water partition coefficient (Wildman–Crippen LogP) is 5.07. The largest absolute Gasteiger partial charge is 0.366 e. The Bertz CT molecular complexity index is 670. The molecular formula is C13H7Cl4NO. The van der Waals surface area contributed by atoms with Gasteiger partial charge >= 0.3 is 0 Å². The minimum atomic E-state index is -0.598. The Morgan fingerprint density at radius 3 is 2.21 bits per heavy atom. The summed E-state index contributed by atoms with van der Waals surface area (Å²) in [5, 5.41) is 1.11. The van der Waals surface area contributed by atoms with Gasteiger partial charge in [-0.25, -0.2) is 0 Å². The molecule has 6 heteroatoms. The lowest BCUT2D eigenvalue weighted by molar-refractivity contribution is 0.100. The van der Waals surface area contributed by atoms with Gasteiger partial charge in [-0.15, -0.1) is 0 Å². The van der Waals surface area contributed by atoms with Gasteiger partial charge in [0.25, 0.3) is 0 Å². The maximum Gasteiger partial charge on any atom is 0.249 e. The number of rotatable bonds is 2. The molecule has 98 valence electrons. The van der Waals surface area contributed by atoms with E-state index in [4.69, 9.17) is 52.1 Å². The molecule has 2 aromatic carbocycles. The second-order valence-corrected chi connectivity index (χ2v) is 5.32. The Labute approximate surface area is 130 Å². The number of amides is 1. The van der Waals surface area contributed by atoms with Crippen LogP contribution in [0.4, 0.5) is 0 Å². The van der Waals surface area contributed by atoms with Crippen LogP contribution in [0.5, 0.6) is 0 Å². The monoisotopic (exact) mass is 333 g/mol. The van der Waals surface area contributed by atoms with Crippen LogP contribution in [0.2, 0.25) is 20.1 Å². The fourth-order valence-electron chi connectivity index (χ4n) is 1.72. The Hall–Kier alpha value is -0.930. The second kappa shape index (κ2) is 5.59. The quantitative estimate of drug-likeness (QED) is 0.766. The van der Waals surface area contributed by atoms with Crippen molar-refractivity contribution in [2.45, 2.75) is 0 Å². The number of hydrogen-bond acceptors (Lipinski definition) is 1. The third-order valence-electron chi connectivity index (χ3n) is 2.58. The Balaban J connectivity index is 2.79. The van der Waals surface area contributed by atoms with E-state index in [2.05, 4.69) is 0 Å². The number of nitrogens with two attached hydrogens (primary N) is 1. The maximum absolute atomic E-state index is 11.5. The number of halogens is 4. The number of carbonyl (C=O) groups is 1. The summed E-state index contributed by atoms with van der Waals surface area (Å²) >= 11 is 24.2. The molecule has 2 rings (SSSR count). The van der Waals surface area contributed by atoms with E-state index in [1.54, 1.807) is 30.3 Å². The zero-order chi connectivity index (χ0) is 14.2. The van der Waals surface area contributed by atoms with E-state index in [-0.39, 0.29) is 15.6 Å². The highest BCUT2D eigenvalue weighted by molar-refractivity contribution is 6.49. The summed E-state index contributed by atoms with van der Waals surface area (Å²) < 4.78 is 0. The van der Waals surface area contributed by atoms with Gasteiger partial charge in [-0.05, 0) is 18.2 Å². The van der Waals surface area contributed by atoms with Crippen LogP contribution >= 0.6 is 46.4 Å². The van der Waals surface area contributed by atoms with E-state index in [1.807, 2.05) is 0 Å². The molecule has 2 nitrogen and oxygen atoms in total. The molecule has 0 aliphatic heterocycles. The lowest BCUT2D eigenvalue weighted by atomic mass is 9.99. The molecule has 0 aromatic heterocycles. The third kappa shape index (κ3) is 2.67. The van der Waals surface area contributed by atoms with Gasteiger partial charge in [0, 0.05) is 21.7 Å². The molecule has 0 heterocycles. The summed E-state index contributed by atoms with van der Waals surface area (Å²) in [5.41, 5.74) is 6.56. The van der Waals surface area contributed by atoms with Crippen LogP contribution in [0.3, 0.4) is 0 Å². The lowest BCUT2D eigenvalue weighted by Gasteiger charge is -2.12. The molecule has 2 aromatic rings. The zero-order valence-electron chi connectivity index (χ0n) is 9.38. The van der Waals surface area contributed by atoms with Crippen molar-refractivity contribution >= 4 is 52.3 Å². The maximum atomic E-state index is 11.5. The SMILES string of the molecule is NC(=O)c1cccc(Cl)c1-c1ccc(Cl)c(Cl)c1Cl. The number of benzene rings is 2. The molecule has 0 atom stereocenters. The minimum absolute atomic E-state index is 0.205. The fraction of sp³-hybridized carbons (Fsp3) is 0. The predicted molar refractivity (Wildman–Crippen MR) is 80.4 cm³/mol. The highest BCUT2D eigenvalue weighted by Gasteiger charge is 2.18. The summed E-state index contributed by atoms with van der Waals surface area (Å²) in [6.07, 6.45) is 0. The zero-order valence-corrected chi connectivity index (χ0v) is 12.4. The molecule has 0 saturated carbocycles. The molecule has 2 N–H and O–H groups in total. The molecule has 0 spiro atoms. The first-order valence-corrected chi connectivity index (χ1v) is 6.67. The summed E-state index contributed by atoms with van der Waals surface area (Å²) in [6.45, 7) is 0. The van der Waals surface area contributed by atoms with Gasteiger partial charge in [0.1, 0.15) is 0 Å². The van der Waals surface area contributed by atoms with Crippen molar-refractivity contribution in [1.29, 1.82) is 0 Å². The highest BCUT2D eigenvalue weighted by Crippen LogP contribution is 2.41. The van der Waals surface area contributed by atoms with Crippen LogP contribution in [0.15, 0.2) is 30.3 Å². The Kier molecular flexibility index (Phi) is 4.26. The Morgan fingerprint density at radius 1 is 0.895 bits per heavy atom. The summed E-state index contributed by atoms with van der Waals surface area (Å²) in [5.74, 6) is -0.598. The van der Waals surface area contributed by atoms with Gasteiger partial charge in [-0.3, -0.25) is 4.79 Å². The van der Waals surface area contributed by atoms with Crippen molar-refractivity contribution in [2.24, 2.45) is 5.73 Å². The molecule has 0 saturated heterocycles. The van der Waals surface area contributed by atoms with Crippen molar-refractivity contribution in [3.63, 3.8) is 0 Å². The van der Waals surface area contributed by atoms with Crippen LogP contribution in [0.25, 0.3) is 11.1 Å². The van der Waals surface area contributed by atoms with Crippen LogP contribution in [-0.2, 0) is 0 Å².